The minimum absolute atomic E-state index is 0.390. The molecule has 0 amide bonds. The Morgan fingerprint density at radius 2 is 1.79 bits per heavy atom. The van der Waals surface area contributed by atoms with Crippen LogP contribution in [0.5, 0.6) is 11.5 Å². The summed E-state index contributed by atoms with van der Waals surface area (Å²) in [6.07, 6.45) is 0.917. The fraction of sp³-hybridized carbons (Fsp3) is 0.316. The predicted octanol–water partition coefficient (Wildman–Crippen LogP) is 3.62. The number of aliphatic imine (C=N–C) groups is 1. The van der Waals surface area contributed by atoms with Gasteiger partial charge in [-0.2, -0.15) is 0 Å². The van der Waals surface area contributed by atoms with Crippen molar-refractivity contribution in [2.75, 3.05) is 26.1 Å². The fourth-order valence-electron chi connectivity index (χ4n) is 2.40. The zero-order chi connectivity index (χ0) is 17.4. The van der Waals surface area contributed by atoms with E-state index in [9.17, 15) is 0 Å². The summed E-state index contributed by atoms with van der Waals surface area (Å²) in [6, 6.07) is 15.7. The Kier molecular flexibility index (Phi) is 6.49. The molecule has 2 aromatic rings. The topological polar surface area (TPSA) is 68.9 Å². The van der Waals surface area contributed by atoms with Crippen molar-refractivity contribution in [1.29, 1.82) is 0 Å². The van der Waals surface area contributed by atoms with Crippen LogP contribution in [0, 0.1) is 0 Å². The molecule has 0 spiro atoms. The molecule has 0 aliphatic heterocycles. The lowest BCUT2D eigenvalue weighted by molar-refractivity contribution is 0.414. The predicted molar refractivity (Wildman–Crippen MR) is 99.1 cm³/mol. The third-order valence-electron chi connectivity index (χ3n) is 3.90. The molecular formula is C19H25N3O2. The van der Waals surface area contributed by atoms with Crippen LogP contribution >= 0.6 is 0 Å². The van der Waals surface area contributed by atoms with Crippen molar-refractivity contribution >= 4 is 11.6 Å². The number of nitrogens with two attached hydrogens (primary N) is 1. The molecule has 2 aromatic carbocycles. The molecule has 2 rings (SSSR count). The van der Waals surface area contributed by atoms with Gasteiger partial charge in [-0.15, -0.1) is 0 Å². The molecule has 0 aliphatic carbocycles. The molecule has 3 N–H and O–H groups in total. The van der Waals surface area contributed by atoms with Gasteiger partial charge in [-0.1, -0.05) is 31.2 Å². The second-order valence-electron chi connectivity index (χ2n) is 5.56. The highest BCUT2D eigenvalue weighted by Gasteiger charge is 2.06. The standard InChI is InChI=1S/C19H25N3O2/c1-14(15-8-10-16(23-2)11-9-15)12-13-21-19(20)22-17-6-4-5-7-18(17)24-3/h4-11,14H,12-13H2,1-3H3,(H3,20,21,22). The average molecular weight is 327 g/mol. The van der Waals surface area contributed by atoms with Crippen LogP contribution in [0.3, 0.4) is 0 Å². The van der Waals surface area contributed by atoms with Crippen LogP contribution in [0.1, 0.15) is 24.8 Å². The molecular weight excluding hydrogens is 302 g/mol. The number of rotatable bonds is 7. The summed E-state index contributed by atoms with van der Waals surface area (Å²) in [5.74, 6) is 2.40. The quantitative estimate of drug-likeness (QED) is 0.602. The molecule has 0 aromatic heterocycles. The Morgan fingerprint density at radius 1 is 1.08 bits per heavy atom. The molecule has 0 heterocycles. The number of guanidine groups is 1. The molecule has 5 nitrogen and oxygen atoms in total. The minimum atomic E-state index is 0.390. The molecule has 24 heavy (non-hydrogen) atoms. The zero-order valence-corrected chi connectivity index (χ0v) is 14.5. The highest BCUT2D eigenvalue weighted by Crippen LogP contribution is 2.23. The Morgan fingerprint density at radius 3 is 2.46 bits per heavy atom. The van der Waals surface area contributed by atoms with Gasteiger partial charge in [0.2, 0.25) is 0 Å². The molecule has 0 aliphatic rings. The summed E-state index contributed by atoms with van der Waals surface area (Å²) in [6.45, 7) is 2.84. The van der Waals surface area contributed by atoms with Crippen LogP contribution in [0.15, 0.2) is 53.5 Å². The van der Waals surface area contributed by atoms with Gasteiger partial charge in [0, 0.05) is 6.54 Å². The highest BCUT2D eigenvalue weighted by atomic mass is 16.5. The minimum Gasteiger partial charge on any atom is -0.497 e. The van der Waals surface area contributed by atoms with Gasteiger partial charge in [-0.25, -0.2) is 0 Å². The largest absolute Gasteiger partial charge is 0.497 e. The van der Waals surface area contributed by atoms with E-state index in [4.69, 9.17) is 15.2 Å². The van der Waals surface area contributed by atoms with E-state index in [0.29, 0.717) is 18.4 Å². The lowest BCUT2D eigenvalue weighted by atomic mass is 9.98. The van der Waals surface area contributed by atoms with Crippen molar-refractivity contribution in [2.45, 2.75) is 19.3 Å². The van der Waals surface area contributed by atoms with Crippen LogP contribution in [0.25, 0.3) is 0 Å². The molecule has 0 fully saturated rings. The smallest absolute Gasteiger partial charge is 0.193 e. The van der Waals surface area contributed by atoms with E-state index in [1.54, 1.807) is 14.2 Å². The molecule has 5 heteroatoms. The number of ether oxygens (including phenoxy) is 2. The van der Waals surface area contributed by atoms with E-state index in [1.807, 2.05) is 36.4 Å². The van der Waals surface area contributed by atoms with Crippen molar-refractivity contribution in [3.63, 3.8) is 0 Å². The summed E-state index contributed by atoms with van der Waals surface area (Å²) >= 11 is 0. The number of nitrogens with one attached hydrogen (secondary N) is 1. The number of nitrogens with zero attached hydrogens (tertiary/aromatic N) is 1. The first-order valence-corrected chi connectivity index (χ1v) is 7.98. The molecule has 1 atom stereocenters. The number of benzene rings is 2. The van der Waals surface area contributed by atoms with Crippen LogP contribution in [-0.2, 0) is 0 Å². The van der Waals surface area contributed by atoms with Crippen LogP contribution in [0.2, 0.25) is 0 Å². The van der Waals surface area contributed by atoms with Crippen molar-refractivity contribution in [1.82, 2.24) is 0 Å². The van der Waals surface area contributed by atoms with E-state index in [0.717, 1.165) is 23.6 Å². The molecule has 128 valence electrons. The number of hydrogen-bond acceptors (Lipinski definition) is 3. The normalized spacial score (nSPS) is 12.5. The maximum Gasteiger partial charge on any atom is 0.193 e. The summed E-state index contributed by atoms with van der Waals surface area (Å²) in [5.41, 5.74) is 8.03. The molecule has 1 unspecified atom stereocenters. The molecule has 0 radical (unpaired) electrons. The van der Waals surface area contributed by atoms with Crippen molar-refractivity contribution in [2.24, 2.45) is 10.7 Å². The maximum absolute atomic E-state index is 5.96. The van der Waals surface area contributed by atoms with Gasteiger partial charge in [0.05, 0.1) is 19.9 Å². The first-order valence-electron chi connectivity index (χ1n) is 7.98. The Balaban J connectivity index is 1.87. The van der Waals surface area contributed by atoms with Gasteiger partial charge in [0.15, 0.2) is 5.96 Å². The van der Waals surface area contributed by atoms with E-state index in [-0.39, 0.29) is 0 Å². The van der Waals surface area contributed by atoms with E-state index in [2.05, 4.69) is 29.4 Å². The zero-order valence-electron chi connectivity index (χ0n) is 14.5. The van der Waals surface area contributed by atoms with Gasteiger partial charge in [0.1, 0.15) is 11.5 Å². The molecule has 0 saturated carbocycles. The number of para-hydroxylation sites is 2. The van der Waals surface area contributed by atoms with Gasteiger partial charge in [-0.3, -0.25) is 4.99 Å². The average Bonchev–Trinajstić information content (AvgIpc) is 2.62. The highest BCUT2D eigenvalue weighted by molar-refractivity contribution is 5.93. The van der Waals surface area contributed by atoms with Gasteiger partial charge in [-0.05, 0) is 42.2 Å². The van der Waals surface area contributed by atoms with Crippen molar-refractivity contribution < 1.29 is 9.47 Å². The van der Waals surface area contributed by atoms with Gasteiger partial charge >= 0.3 is 0 Å². The molecule has 0 bridgehead atoms. The second-order valence-corrected chi connectivity index (χ2v) is 5.56. The van der Waals surface area contributed by atoms with Crippen molar-refractivity contribution in [3.8, 4) is 11.5 Å². The summed E-state index contributed by atoms with van der Waals surface area (Å²) in [7, 11) is 3.30. The first kappa shape index (κ1) is 17.7. The SMILES string of the molecule is COc1ccc(C(C)CCN=C(N)Nc2ccccc2OC)cc1. The van der Waals surface area contributed by atoms with Crippen LogP contribution < -0.4 is 20.5 Å². The lowest BCUT2D eigenvalue weighted by Gasteiger charge is -2.12. The summed E-state index contributed by atoms with van der Waals surface area (Å²) < 4.78 is 10.5. The fourth-order valence-corrected chi connectivity index (χ4v) is 2.40. The van der Waals surface area contributed by atoms with Crippen LogP contribution in [-0.4, -0.2) is 26.7 Å². The van der Waals surface area contributed by atoms with E-state index in [1.165, 1.54) is 5.56 Å². The van der Waals surface area contributed by atoms with Gasteiger partial charge < -0.3 is 20.5 Å². The lowest BCUT2D eigenvalue weighted by Crippen LogP contribution is -2.23. The number of methoxy groups -OCH3 is 2. The van der Waals surface area contributed by atoms with E-state index >= 15 is 0 Å². The summed E-state index contributed by atoms with van der Waals surface area (Å²) in [4.78, 5) is 4.40. The third-order valence-corrected chi connectivity index (χ3v) is 3.90. The first-order chi connectivity index (χ1) is 11.6. The monoisotopic (exact) mass is 327 g/mol. The molecule has 0 saturated heterocycles. The Labute approximate surface area is 143 Å². The maximum atomic E-state index is 5.96. The number of hydrogen-bond donors (Lipinski definition) is 2. The Bertz CT molecular complexity index is 669. The summed E-state index contributed by atoms with van der Waals surface area (Å²) in [5, 5.41) is 3.08. The van der Waals surface area contributed by atoms with E-state index < -0.39 is 0 Å². The van der Waals surface area contributed by atoms with Crippen molar-refractivity contribution in [3.05, 3.63) is 54.1 Å². The van der Waals surface area contributed by atoms with Crippen LogP contribution in [0.4, 0.5) is 5.69 Å². The number of anilines is 1. The third kappa shape index (κ3) is 4.91. The Hall–Kier alpha value is -2.69. The second kappa shape index (κ2) is 8.82. The van der Waals surface area contributed by atoms with Gasteiger partial charge in [0.25, 0.3) is 0 Å².